The van der Waals surface area contributed by atoms with Gasteiger partial charge in [-0.1, -0.05) is 0 Å². The molecule has 21 heavy (non-hydrogen) atoms. The number of anilines is 1. The van der Waals surface area contributed by atoms with Crippen molar-refractivity contribution in [2.75, 3.05) is 31.1 Å². The Bertz CT molecular complexity index is 670. The first-order valence-corrected chi connectivity index (χ1v) is 6.78. The van der Waals surface area contributed by atoms with E-state index >= 15 is 0 Å². The van der Waals surface area contributed by atoms with Gasteiger partial charge in [0.2, 0.25) is 0 Å². The molecule has 2 aromatic heterocycles. The number of aryl methyl sites for hydroxylation is 1. The Hall–Kier alpha value is -1.83. The number of nitrogens with one attached hydrogen (secondary N) is 1. The molecule has 0 unspecified atom stereocenters. The summed E-state index contributed by atoms with van der Waals surface area (Å²) in [5.41, 5.74) is 0.918. The molecule has 0 amide bonds. The molecule has 1 fully saturated rings. The van der Waals surface area contributed by atoms with E-state index in [-0.39, 0.29) is 5.65 Å². The van der Waals surface area contributed by atoms with Crippen molar-refractivity contribution >= 4 is 11.5 Å². The van der Waals surface area contributed by atoms with E-state index < -0.39 is 11.9 Å². The number of fused-ring (bicyclic) bond motifs is 1. The number of aromatic nitrogens is 3. The molecular formula is C13H16F3N5. The molecule has 5 nitrogen and oxygen atoms in total. The monoisotopic (exact) mass is 299 g/mol. The van der Waals surface area contributed by atoms with Crippen LogP contribution in [0.25, 0.3) is 5.65 Å². The van der Waals surface area contributed by atoms with Gasteiger partial charge in [-0.2, -0.15) is 22.8 Å². The van der Waals surface area contributed by atoms with Crippen molar-refractivity contribution in [1.82, 2.24) is 19.9 Å². The molecule has 0 saturated carbocycles. The van der Waals surface area contributed by atoms with Crippen LogP contribution in [0.5, 0.6) is 0 Å². The summed E-state index contributed by atoms with van der Waals surface area (Å²) in [6, 6.07) is 0.998. The minimum Gasteiger partial charge on any atom is -0.354 e. The molecule has 114 valence electrons. The van der Waals surface area contributed by atoms with E-state index in [1.165, 1.54) is 4.52 Å². The zero-order valence-electron chi connectivity index (χ0n) is 11.8. The average Bonchev–Trinajstić information content (AvgIpc) is 2.84. The van der Waals surface area contributed by atoms with Gasteiger partial charge < -0.3 is 10.2 Å². The highest BCUT2D eigenvalue weighted by Crippen LogP contribution is 2.31. The highest BCUT2D eigenvalue weighted by Gasteiger charge is 2.35. The van der Waals surface area contributed by atoms with Crippen molar-refractivity contribution in [3.8, 4) is 0 Å². The predicted octanol–water partition coefficient (Wildman–Crippen LogP) is 1.77. The molecule has 0 bridgehead atoms. The second-order valence-corrected chi connectivity index (χ2v) is 5.18. The average molecular weight is 299 g/mol. The van der Waals surface area contributed by atoms with Gasteiger partial charge in [0.15, 0.2) is 11.3 Å². The lowest BCUT2D eigenvalue weighted by Crippen LogP contribution is -2.44. The largest absolute Gasteiger partial charge is 0.435 e. The molecule has 3 heterocycles. The van der Waals surface area contributed by atoms with Gasteiger partial charge in [0.05, 0.1) is 0 Å². The highest BCUT2D eigenvalue weighted by molar-refractivity contribution is 5.57. The number of halogens is 3. The number of alkyl halides is 3. The lowest BCUT2D eigenvalue weighted by atomic mass is 10.2. The van der Waals surface area contributed by atoms with Gasteiger partial charge in [-0.3, -0.25) is 0 Å². The lowest BCUT2D eigenvalue weighted by Gasteiger charge is -2.31. The van der Waals surface area contributed by atoms with Crippen LogP contribution in [0.2, 0.25) is 0 Å². The summed E-state index contributed by atoms with van der Waals surface area (Å²) in [6.07, 6.45) is -4.46. The van der Waals surface area contributed by atoms with Gasteiger partial charge in [-0.25, -0.2) is 4.98 Å². The summed E-state index contributed by atoms with van der Waals surface area (Å²) in [4.78, 5) is 6.28. The van der Waals surface area contributed by atoms with E-state index in [1.54, 1.807) is 6.92 Å². The fraction of sp³-hybridized carbons (Fsp3) is 0.538. The van der Waals surface area contributed by atoms with Gasteiger partial charge in [0.25, 0.3) is 0 Å². The van der Waals surface area contributed by atoms with E-state index in [4.69, 9.17) is 0 Å². The molecule has 1 N–H and O–H groups in total. The number of nitrogens with zero attached hydrogens (tertiary/aromatic N) is 4. The summed E-state index contributed by atoms with van der Waals surface area (Å²) in [5.74, 6) is 0.703. The van der Waals surface area contributed by atoms with Crippen LogP contribution in [-0.4, -0.2) is 40.8 Å². The molecule has 0 atom stereocenters. The zero-order valence-corrected chi connectivity index (χ0v) is 11.8. The van der Waals surface area contributed by atoms with Gasteiger partial charge in [-0.15, -0.1) is 0 Å². The molecule has 8 heteroatoms. The molecule has 0 aliphatic carbocycles. The zero-order chi connectivity index (χ0) is 15.2. The Labute approximate surface area is 119 Å². The SMILES string of the molecule is Cc1nc2cc(C(F)(F)F)nn2c(N2CCNCC2)c1C. The predicted molar refractivity (Wildman–Crippen MR) is 72.5 cm³/mol. The summed E-state index contributed by atoms with van der Waals surface area (Å²) in [5, 5.41) is 6.96. The molecular weight excluding hydrogens is 283 g/mol. The molecule has 1 saturated heterocycles. The van der Waals surface area contributed by atoms with Crippen molar-refractivity contribution < 1.29 is 13.2 Å². The van der Waals surface area contributed by atoms with Gasteiger partial charge in [0.1, 0.15) is 5.82 Å². The molecule has 0 radical (unpaired) electrons. The Morgan fingerprint density at radius 1 is 1.19 bits per heavy atom. The van der Waals surface area contributed by atoms with Crippen LogP contribution < -0.4 is 10.2 Å². The Balaban J connectivity index is 2.20. The summed E-state index contributed by atoms with van der Waals surface area (Å²) in [6.45, 7) is 6.75. The maximum absolute atomic E-state index is 12.9. The first-order chi connectivity index (χ1) is 9.88. The first-order valence-electron chi connectivity index (χ1n) is 6.78. The van der Waals surface area contributed by atoms with Crippen molar-refractivity contribution in [2.24, 2.45) is 0 Å². The van der Waals surface area contributed by atoms with Crippen LogP contribution in [-0.2, 0) is 6.18 Å². The Kier molecular flexibility index (Phi) is 3.27. The van der Waals surface area contributed by atoms with Gasteiger partial charge >= 0.3 is 6.18 Å². The number of hydrogen-bond acceptors (Lipinski definition) is 4. The maximum atomic E-state index is 12.9. The summed E-state index contributed by atoms with van der Waals surface area (Å²) >= 11 is 0. The standard InChI is InChI=1S/C13H16F3N5/c1-8-9(2)18-11-7-10(13(14,15)16)19-21(11)12(8)20-5-3-17-4-6-20/h7,17H,3-6H2,1-2H3. The van der Waals surface area contributed by atoms with Crippen molar-refractivity contribution in [1.29, 1.82) is 0 Å². The first kappa shape index (κ1) is 14.1. The van der Waals surface area contributed by atoms with Crippen molar-refractivity contribution in [3.05, 3.63) is 23.0 Å². The Morgan fingerprint density at radius 2 is 1.86 bits per heavy atom. The second-order valence-electron chi connectivity index (χ2n) is 5.18. The highest BCUT2D eigenvalue weighted by atomic mass is 19.4. The minimum absolute atomic E-state index is 0.235. The van der Waals surface area contributed by atoms with Crippen LogP contribution in [0.3, 0.4) is 0 Å². The smallest absolute Gasteiger partial charge is 0.354 e. The van der Waals surface area contributed by atoms with Gasteiger partial charge in [0, 0.05) is 43.5 Å². The number of piperazine rings is 1. The van der Waals surface area contributed by atoms with Crippen LogP contribution in [0.4, 0.5) is 19.0 Å². The van der Waals surface area contributed by atoms with E-state index in [1.807, 2.05) is 6.92 Å². The maximum Gasteiger partial charge on any atom is 0.435 e. The van der Waals surface area contributed by atoms with Crippen LogP contribution in [0.15, 0.2) is 6.07 Å². The van der Waals surface area contributed by atoms with Crippen molar-refractivity contribution in [3.63, 3.8) is 0 Å². The third kappa shape index (κ3) is 2.44. The molecule has 1 aliphatic heterocycles. The van der Waals surface area contributed by atoms with E-state index in [0.29, 0.717) is 5.82 Å². The molecule has 0 spiro atoms. The fourth-order valence-corrected chi connectivity index (χ4v) is 2.57. The molecule has 3 rings (SSSR count). The second kappa shape index (κ2) is 4.87. The van der Waals surface area contributed by atoms with Crippen LogP contribution in [0.1, 0.15) is 17.0 Å². The molecule has 2 aromatic rings. The van der Waals surface area contributed by atoms with E-state index in [9.17, 15) is 13.2 Å². The number of hydrogen-bond donors (Lipinski definition) is 1. The lowest BCUT2D eigenvalue weighted by molar-refractivity contribution is -0.141. The third-order valence-electron chi connectivity index (χ3n) is 3.76. The Morgan fingerprint density at radius 3 is 2.48 bits per heavy atom. The summed E-state index contributed by atoms with van der Waals surface area (Å²) < 4.78 is 39.9. The van der Waals surface area contributed by atoms with Crippen molar-refractivity contribution in [2.45, 2.75) is 20.0 Å². The minimum atomic E-state index is -4.46. The third-order valence-corrected chi connectivity index (χ3v) is 3.76. The number of rotatable bonds is 1. The molecule has 1 aliphatic rings. The normalized spacial score (nSPS) is 16.7. The fourth-order valence-electron chi connectivity index (χ4n) is 2.57. The van der Waals surface area contributed by atoms with Crippen LogP contribution >= 0.6 is 0 Å². The van der Waals surface area contributed by atoms with E-state index in [2.05, 4.69) is 20.3 Å². The summed E-state index contributed by atoms with van der Waals surface area (Å²) in [7, 11) is 0. The quantitative estimate of drug-likeness (QED) is 0.872. The van der Waals surface area contributed by atoms with Crippen LogP contribution in [0, 0.1) is 13.8 Å². The van der Waals surface area contributed by atoms with E-state index in [0.717, 1.165) is 43.5 Å². The topological polar surface area (TPSA) is 45.5 Å². The molecule has 0 aromatic carbocycles. The van der Waals surface area contributed by atoms with Gasteiger partial charge in [-0.05, 0) is 13.8 Å².